The molecule has 0 radical (unpaired) electrons. The van der Waals surface area contributed by atoms with Crippen molar-refractivity contribution >= 4 is 5.78 Å². The Hall–Kier alpha value is -2.96. The first-order valence-corrected chi connectivity index (χ1v) is 9.87. The van der Waals surface area contributed by atoms with Gasteiger partial charge in [0.15, 0.2) is 11.5 Å². The van der Waals surface area contributed by atoms with E-state index in [0.717, 1.165) is 35.8 Å². The van der Waals surface area contributed by atoms with Crippen molar-refractivity contribution in [3.8, 4) is 23.1 Å². The Balaban J connectivity index is 2.05. The predicted octanol–water partition coefficient (Wildman–Crippen LogP) is 3.48. The van der Waals surface area contributed by atoms with Gasteiger partial charge in [0.25, 0.3) is 5.56 Å². The summed E-state index contributed by atoms with van der Waals surface area (Å²) in [6, 6.07) is 7.01. The number of rotatable bonds is 6. The topological polar surface area (TPSA) is 98.0 Å². The van der Waals surface area contributed by atoms with Gasteiger partial charge in [-0.15, -0.1) is 0 Å². The number of benzene rings is 1. The van der Waals surface area contributed by atoms with E-state index in [9.17, 15) is 19.8 Å². The number of hydrogen-bond donors (Lipinski definition) is 2. The summed E-state index contributed by atoms with van der Waals surface area (Å²) < 4.78 is 11.3. The number of hydrogen-bond acceptors (Lipinski definition) is 6. The molecule has 1 fully saturated rings. The molecule has 1 saturated carbocycles. The van der Waals surface area contributed by atoms with Gasteiger partial charge in [-0.05, 0) is 30.5 Å². The lowest BCUT2D eigenvalue weighted by Gasteiger charge is -2.18. The minimum atomic E-state index is -0.717. The van der Waals surface area contributed by atoms with E-state index >= 15 is 0 Å². The van der Waals surface area contributed by atoms with Crippen molar-refractivity contribution in [1.29, 1.82) is 0 Å². The molecule has 7 heteroatoms. The molecule has 7 nitrogen and oxygen atoms in total. The van der Waals surface area contributed by atoms with E-state index in [1.165, 1.54) is 7.11 Å². The lowest BCUT2D eigenvalue weighted by atomic mass is 9.91. The highest BCUT2D eigenvalue weighted by atomic mass is 16.5. The van der Waals surface area contributed by atoms with Gasteiger partial charge in [-0.1, -0.05) is 37.8 Å². The van der Waals surface area contributed by atoms with Crippen molar-refractivity contribution < 1.29 is 24.5 Å². The molecule has 0 amide bonds. The maximum absolute atomic E-state index is 13.1. The van der Waals surface area contributed by atoms with Crippen molar-refractivity contribution in [3.05, 3.63) is 45.7 Å². The minimum absolute atomic E-state index is 0.0241. The zero-order chi connectivity index (χ0) is 21.0. The van der Waals surface area contributed by atoms with Crippen LogP contribution in [0.25, 0.3) is 0 Å². The normalized spacial score (nSPS) is 15.0. The van der Waals surface area contributed by atoms with Gasteiger partial charge in [0.1, 0.15) is 11.3 Å². The van der Waals surface area contributed by atoms with Crippen molar-refractivity contribution in [2.75, 3.05) is 14.2 Å². The number of pyridine rings is 1. The second-order valence-corrected chi connectivity index (χ2v) is 7.37. The van der Waals surface area contributed by atoms with Crippen LogP contribution in [0.15, 0.2) is 29.1 Å². The Kier molecular flexibility index (Phi) is 6.46. The van der Waals surface area contributed by atoms with Crippen LogP contribution in [0.4, 0.5) is 0 Å². The van der Waals surface area contributed by atoms with Gasteiger partial charge in [0.05, 0.1) is 20.8 Å². The van der Waals surface area contributed by atoms with Crippen LogP contribution in [0, 0.1) is 5.92 Å². The van der Waals surface area contributed by atoms with E-state index in [0.29, 0.717) is 18.6 Å². The lowest BCUT2D eigenvalue weighted by molar-refractivity contribution is 0.0901. The quantitative estimate of drug-likeness (QED) is 0.568. The largest absolute Gasteiger partial charge is 0.503 e. The number of ether oxygens (including phenoxy) is 2. The van der Waals surface area contributed by atoms with E-state index in [4.69, 9.17) is 9.47 Å². The average molecular weight is 401 g/mol. The molecule has 1 aliphatic rings. The van der Waals surface area contributed by atoms with Crippen LogP contribution in [0.1, 0.15) is 54.4 Å². The van der Waals surface area contributed by atoms with E-state index in [1.54, 1.807) is 31.4 Å². The summed E-state index contributed by atoms with van der Waals surface area (Å²) in [6.45, 7) is 0.0241. The molecule has 0 spiro atoms. The highest BCUT2D eigenvalue weighted by molar-refractivity contribution is 6.00. The fourth-order valence-corrected chi connectivity index (χ4v) is 3.89. The fraction of sp³-hybridized carbons (Fsp3) is 0.455. The van der Waals surface area contributed by atoms with Gasteiger partial charge in [-0.2, -0.15) is 0 Å². The smallest absolute Gasteiger partial charge is 0.268 e. The third-order valence-electron chi connectivity index (χ3n) is 5.55. The predicted molar refractivity (Wildman–Crippen MR) is 108 cm³/mol. The summed E-state index contributed by atoms with van der Waals surface area (Å²) in [7, 11) is 2.83. The Morgan fingerprint density at radius 2 is 1.66 bits per heavy atom. The van der Waals surface area contributed by atoms with Crippen LogP contribution >= 0.6 is 0 Å². The van der Waals surface area contributed by atoms with Crippen molar-refractivity contribution in [3.63, 3.8) is 0 Å². The van der Waals surface area contributed by atoms with Crippen LogP contribution < -0.4 is 15.0 Å². The van der Waals surface area contributed by atoms with Gasteiger partial charge < -0.3 is 19.7 Å². The SMILES string of the molecule is COc1ccc(Cn2c(O)c(OC)c(O)c(C(=O)C3CCCCCC3)c2=O)cc1. The Bertz CT molecular complexity index is 924. The molecule has 2 N–H and O–H groups in total. The molecular formula is C22H27NO6. The molecule has 1 aliphatic carbocycles. The lowest BCUT2D eigenvalue weighted by Crippen LogP contribution is -2.30. The van der Waals surface area contributed by atoms with Crippen LogP contribution in [-0.4, -0.2) is 34.8 Å². The molecule has 0 bridgehead atoms. The number of methoxy groups -OCH3 is 2. The van der Waals surface area contributed by atoms with Crippen LogP contribution in [0.3, 0.4) is 0 Å². The summed E-state index contributed by atoms with van der Waals surface area (Å²) in [4.78, 5) is 26.3. The first kappa shape index (κ1) is 20.8. The molecule has 0 unspecified atom stereocenters. The van der Waals surface area contributed by atoms with Gasteiger partial charge in [0, 0.05) is 5.92 Å². The minimum Gasteiger partial charge on any atom is -0.503 e. The first-order valence-electron chi connectivity index (χ1n) is 9.87. The third-order valence-corrected chi connectivity index (χ3v) is 5.55. The highest BCUT2D eigenvalue weighted by Crippen LogP contribution is 2.38. The third kappa shape index (κ3) is 4.23. The van der Waals surface area contributed by atoms with Crippen LogP contribution in [0.5, 0.6) is 23.1 Å². The summed E-state index contributed by atoms with van der Waals surface area (Å²) in [5.41, 5.74) is -0.297. The molecule has 0 saturated heterocycles. The van der Waals surface area contributed by atoms with E-state index < -0.39 is 17.2 Å². The molecule has 1 aromatic heterocycles. The van der Waals surface area contributed by atoms with Gasteiger partial charge in [-0.3, -0.25) is 14.2 Å². The number of nitrogens with zero attached hydrogens (tertiary/aromatic N) is 1. The monoisotopic (exact) mass is 401 g/mol. The van der Waals surface area contributed by atoms with Crippen LogP contribution in [-0.2, 0) is 6.54 Å². The van der Waals surface area contributed by atoms with Crippen LogP contribution in [0.2, 0.25) is 0 Å². The standard InChI is InChI=1S/C22H27NO6/c1-28-16-11-9-14(10-12-16)13-23-21(26)17(19(25)20(29-2)22(23)27)18(24)15-7-5-3-4-6-8-15/h9-12,15,25,27H,3-8,13H2,1-2H3. The molecule has 29 heavy (non-hydrogen) atoms. The average Bonchev–Trinajstić information content (AvgIpc) is 3.01. The molecule has 156 valence electrons. The number of Topliss-reactive ketones (excluding diaryl/α,β-unsaturated/α-hetero) is 1. The molecule has 0 aliphatic heterocycles. The Morgan fingerprint density at radius 3 is 2.21 bits per heavy atom. The number of carbonyl (C=O) groups excluding carboxylic acids is 1. The maximum atomic E-state index is 13.1. The number of aromatic hydroxyl groups is 2. The molecular weight excluding hydrogens is 374 g/mol. The van der Waals surface area contributed by atoms with Crippen molar-refractivity contribution in [2.24, 2.45) is 5.92 Å². The first-order chi connectivity index (χ1) is 14.0. The van der Waals surface area contributed by atoms with Gasteiger partial charge in [-0.25, -0.2) is 0 Å². The second-order valence-electron chi connectivity index (χ2n) is 7.37. The molecule has 1 heterocycles. The van der Waals surface area contributed by atoms with Crippen molar-refractivity contribution in [1.82, 2.24) is 4.57 Å². The molecule has 2 aromatic rings. The van der Waals surface area contributed by atoms with E-state index in [-0.39, 0.29) is 29.6 Å². The van der Waals surface area contributed by atoms with E-state index in [2.05, 4.69) is 0 Å². The summed E-state index contributed by atoms with van der Waals surface area (Å²) in [5.74, 6) is -1.39. The Labute approximate surface area is 169 Å². The van der Waals surface area contributed by atoms with E-state index in [1.807, 2.05) is 0 Å². The fourth-order valence-electron chi connectivity index (χ4n) is 3.89. The summed E-state index contributed by atoms with van der Waals surface area (Å²) in [6.07, 6.45) is 5.37. The zero-order valence-electron chi connectivity index (χ0n) is 16.8. The van der Waals surface area contributed by atoms with Gasteiger partial charge in [0.2, 0.25) is 11.6 Å². The second kappa shape index (κ2) is 9.03. The summed E-state index contributed by atoms with van der Waals surface area (Å²) in [5, 5.41) is 21.1. The molecule has 0 atom stereocenters. The molecule has 3 rings (SSSR count). The number of carbonyl (C=O) groups is 1. The van der Waals surface area contributed by atoms with Crippen molar-refractivity contribution in [2.45, 2.75) is 45.1 Å². The molecule has 1 aromatic carbocycles. The highest BCUT2D eigenvalue weighted by Gasteiger charge is 2.31. The number of aromatic nitrogens is 1. The Morgan fingerprint density at radius 1 is 1.03 bits per heavy atom. The van der Waals surface area contributed by atoms with Gasteiger partial charge >= 0.3 is 0 Å². The maximum Gasteiger partial charge on any atom is 0.268 e. The number of ketones is 1. The zero-order valence-corrected chi connectivity index (χ0v) is 16.8. The summed E-state index contributed by atoms with van der Waals surface area (Å²) >= 11 is 0.